The van der Waals surface area contributed by atoms with Gasteiger partial charge in [0.2, 0.25) is 10.0 Å². The summed E-state index contributed by atoms with van der Waals surface area (Å²) in [6, 6.07) is 7.17. The van der Waals surface area contributed by atoms with E-state index in [0.717, 1.165) is 25.9 Å². The van der Waals surface area contributed by atoms with Crippen LogP contribution >= 0.6 is 0 Å². The Morgan fingerprint density at radius 2 is 1.74 bits per heavy atom. The Hall–Kier alpha value is -3.29. The Kier molecular flexibility index (Phi) is 7.38. The van der Waals surface area contributed by atoms with E-state index in [2.05, 4.69) is 19.9 Å². The van der Waals surface area contributed by atoms with E-state index in [-0.39, 0.29) is 43.1 Å². The van der Waals surface area contributed by atoms with Crippen molar-refractivity contribution in [2.45, 2.75) is 62.3 Å². The number of alkyl halides is 2. The van der Waals surface area contributed by atoms with Crippen LogP contribution in [0, 0.1) is 5.41 Å². The van der Waals surface area contributed by atoms with E-state index in [9.17, 15) is 27.1 Å². The minimum atomic E-state index is -3.92. The summed E-state index contributed by atoms with van der Waals surface area (Å²) in [5.41, 5.74) is 1.93. The summed E-state index contributed by atoms with van der Waals surface area (Å²) in [5.74, 6) is -2.90. The van der Waals surface area contributed by atoms with Gasteiger partial charge in [0.1, 0.15) is 5.69 Å². The van der Waals surface area contributed by atoms with Crippen molar-refractivity contribution in [2.24, 2.45) is 5.41 Å². The highest BCUT2D eigenvalue weighted by Gasteiger charge is 2.44. The van der Waals surface area contributed by atoms with Gasteiger partial charge in [0.25, 0.3) is 11.8 Å². The molecular weight excluding hydrogens is 568 g/mol. The van der Waals surface area contributed by atoms with E-state index in [1.807, 2.05) is 0 Å². The molecule has 3 aromatic rings. The van der Waals surface area contributed by atoms with Crippen molar-refractivity contribution in [3.05, 3.63) is 42.3 Å². The molecule has 6 rings (SSSR count). The number of hydrogen-bond donors (Lipinski definition) is 3. The maximum Gasteiger partial charge on any atom is 0.274 e. The molecule has 4 heterocycles. The average Bonchev–Trinajstić information content (AvgIpc) is 3.53. The number of nitrogens with one attached hydrogen (secondary N) is 2. The van der Waals surface area contributed by atoms with Gasteiger partial charge in [-0.25, -0.2) is 26.9 Å². The number of fused-ring (bicyclic) bond motifs is 1. The fourth-order valence-corrected chi connectivity index (χ4v) is 7.09. The van der Waals surface area contributed by atoms with Gasteiger partial charge in [-0.15, -0.1) is 0 Å². The second kappa shape index (κ2) is 10.8. The third kappa shape index (κ3) is 5.82. The fraction of sp³-hybridized carbons (Fsp3) is 0.517. The maximum atomic E-state index is 13.8. The number of rotatable bonds is 8. The molecule has 0 bridgehead atoms. The molecular formula is C29H35F2N5O5S. The zero-order chi connectivity index (χ0) is 29.7. The number of pyridine rings is 1. The highest BCUT2D eigenvalue weighted by atomic mass is 32.2. The first kappa shape index (κ1) is 28.8. The average molecular weight is 604 g/mol. The Bertz CT molecular complexity index is 1590. The molecule has 42 heavy (non-hydrogen) atoms. The summed E-state index contributed by atoms with van der Waals surface area (Å²) in [6.45, 7) is 2.86. The highest BCUT2D eigenvalue weighted by Crippen LogP contribution is 2.54. The summed E-state index contributed by atoms with van der Waals surface area (Å²) in [7, 11) is -3.92. The molecule has 3 fully saturated rings. The van der Waals surface area contributed by atoms with Crippen LogP contribution in [0.25, 0.3) is 11.0 Å². The number of benzene rings is 1. The third-order valence-corrected chi connectivity index (χ3v) is 10.3. The quantitative estimate of drug-likeness (QED) is 0.347. The summed E-state index contributed by atoms with van der Waals surface area (Å²) in [4.78, 5) is 22.0. The van der Waals surface area contributed by atoms with Gasteiger partial charge in [-0.3, -0.25) is 4.79 Å². The number of carbonyl (C=O) groups is 1. The van der Waals surface area contributed by atoms with Crippen molar-refractivity contribution in [3.8, 4) is 0 Å². The Morgan fingerprint density at radius 3 is 2.40 bits per heavy atom. The largest absolute Gasteiger partial charge is 0.460 e. The lowest BCUT2D eigenvalue weighted by Crippen LogP contribution is -2.40. The number of amides is 1. The molecule has 2 aromatic heterocycles. The van der Waals surface area contributed by atoms with Crippen molar-refractivity contribution in [3.63, 3.8) is 0 Å². The van der Waals surface area contributed by atoms with Crippen LogP contribution in [0.4, 0.5) is 26.0 Å². The highest BCUT2D eigenvalue weighted by molar-refractivity contribution is 7.89. The Morgan fingerprint density at radius 1 is 1.05 bits per heavy atom. The van der Waals surface area contributed by atoms with E-state index in [0.29, 0.717) is 33.6 Å². The molecule has 2 saturated heterocycles. The van der Waals surface area contributed by atoms with Gasteiger partial charge in [-0.1, -0.05) is 0 Å². The summed E-state index contributed by atoms with van der Waals surface area (Å²) in [6.07, 6.45) is 5.26. The number of anilines is 3. The van der Waals surface area contributed by atoms with Crippen LogP contribution in [0.15, 0.2) is 45.9 Å². The predicted molar refractivity (Wildman–Crippen MR) is 155 cm³/mol. The summed E-state index contributed by atoms with van der Waals surface area (Å²) < 4.78 is 61.8. The van der Waals surface area contributed by atoms with E-state index in [1.54, 1.807) is 36.1 Å². The van der Waals surface area contributed by atoms with Crippen LogP contribution in [0.1, 0.15) is 55.9 Å². The first-order valence-electron chi connectivity index (χ1n) is 14.3. The second-order valence-electron chi connectivity index (χ2n) is 11.8. The molecule has 2 aliphatic heterocycles. The van der Waals surface area contributed by atoms with Crippen LogP contribution in [-0.2, 0) is 10.0 Å². The first-order valence-corrected chi connectivity index (χ1v) is 15.8. The summed E-state index contributed by atoms with van der Waals surface area (Å²) in [5, 5.41) is 12.9. The van der Waals surface area contributed by atoms with Gasteiger partial charge in [-0.05, 0) is 68.4 Å². The van der Waals surface area contributed by atoms with Gasteiger partial charge in [0.15, 0.2) is 11.4 Å². The summed E-state index contributed by atoms with van der Waals surface area (Å²) >= 11 is 0. The topological polar surface area (TPSA) is 128 Å². The van der Waals surface area contributed by atoms with Crippen LogP contribution in [0.3, 0.4) is 0 Å². The second-order valence-corrected chi connectivity index (χ2v) is 13.6. The monoisotopic (exact) mass is 603 g/mol. The number of carbonyl (C=O) groups excluding carboxylic acids is 1. The SMILES string of the molecule is C[C@H](CO)NS(=O)(=O)c1ccc(NC(=O)c2cc3ccoc3c(N3CCC(F)(F)CC3)n2)c(N2CCC3(CC2)CC3)c1. The standard InChI is InChI=1S/C29H35F2N5O5S/c1-19(18-37)34-42(39,40)21-2-3-22(24(17-21)35-11-7-28(5-6-28)8-12-35)33-27(38)23-16-20-4-15-41-25(20)26(32-23)36-13-9-29(30,31)10-14-36/h2-4,15-17,19,34,37H,5-14,18H2,1H3,(H,33,38)/t19-/m1/s1. The number of aromatic nitrogens is 1. The smallest absolute Gasteiger partial charge is 0.274 e. The van der Waals surface area contributed by atoms with Crippen molar-refractivity contribution < 1.29 is 31.5 Å². The molecule has 1 aliphatic carbocycles. The number of nitrogens with zero attached hydrogens (tertiary/aromatic N) is 3. The molecule has 1 saturated carbocycles. The maximum absolute atomic E-state index is 13.8. The van der Waals surface area contributed by atoms with Gasteiger partial charge in [-0.2, -0.15) is 0 Å². The molecule has 1 amide bonds. The van der Waals surface area contributed by atoms with Gasteiger partial charge in [0.05, 0.1) is 29.1 Å². The number of furan rings is 1. The molecule has 13 heteroatoms. The molecule has 3 aliphatic rings. The van der Waals surface area contributed by atoms with Crippen LogP contribution in [-0.4, -0.2) is 69.2 Å². The van der Waals surface area contributed by atoms with Crippen LogP contribution in [0.2, 0.25) is 0 Å². The Labute approximate surface area is 243 Å². The minimum absolute atomic E-state index is 0.0321. The minimum Gasteiger partial charge on any atom is -0.460 e. The van der Waals surface area contributed by atoms with Gasteiger partial charge in [0, 0.05) is 50.4 Å². The molecule has 1 spiro atoms. The number of piperidine rings is 2. The number of aliphatic hydroxyl groups excluding tert-OH is 1. The number of aliphatic hydroxyl groups is 1. The molecule has 1 aromatic carbocycles. The van der Waals surface area contributed by atoms with Crippen molar-refractivity contribution in [1.29, 1.82) is 0 Å². The zero-order valence-electron chi connectivity index (χ0n) is 23.4. The normalized spacial score (nSPS) is 20.6. The van der Waals surface area contributed by atoms with Gasteiger partial charge >= 0.3 is 0 Å². The van der Waals surface area contributed by atoms with E-state index < -0.39 is 27.9 Å². The number of hydrogen-bond acceptors (Lipinski definition) is 8. The van der Waals surface area contributed by atoms with E-state index >= 15 is 0 Å². The van der Waals surface area contributed by atoms with Crippen LogP contribution < -0.4 is 19.8 Å². The lowest BCUT2D eigenvalue weighted by molar-refractivity contribution is -0.0221. The molecule has 1 atom stereocenters. The van der Waals surface area contributed by atoms with E-state index in [1.165, 1.54) is 25.2 Å². The predicted octanol–water partition coefficient (Wildman–Crippen LogP) is 4.36. The zero-order valence-corrected chi connectivity index (χ0v) is 24.2. The molecule has 3 N–H and O–H groups in total. The lowest BCUT2D eigenvalue weighted by atomic mass is 9.93. The van der Waals surface area contributed by atoms with E-state index in [4.69, 9.17) is 4.42 Å². The number of sulfonamides is 1. The van der Waals surface area contributed by atoms with Gasteiger partial charge < -0.3 is 24.6 Å². The fourth-order valence-electron chi connectivity index (χ4n) is 5.84. The lowest BCUT2D eigenvalue weighted by Gasteiger charge is -2.35. The molecule has 226 valence electrons. The van der Waals surface area contributed by atoms with Crippen LogP contribution in [0.5, 0.6) is 0 Å². The Balaban J connectivity index is 1.31. The van der Waals surface area contributed by atoms with Crippen molar-refractivity contribution in [2.75, 3.05) is 47.9 Å². The molecule has 0 unspecified atom stereocenters. The number of halogens is 2. The molecule has 0 radical (unpaired) electrons. The molecule has 10 nitrogen and oxygen atoms in total. The first-order chi connectivity index (χ1) is 20.0. The van der Waals surface area contributed by atoms with Crippen molar-refractivity contribution >= 4 is 44.1 Å². The third-order valence-electron chi connectivity index (χ3n) is 8.72. The van der Waals surface area contributed by atoms with Crippen molar-refractivity contribution in [1.82, 2.24) is 9.71 Å².